The van der Waals surface area contributed by atoms with Gasteiger partial charge in [0.15, 0.2) is 0 Å². The second-order valence-electron chi connectivity index (χ2n) is 5.17. The molecule has 0 saturated heterocycles. The van der Waals surface area contributed by atoms with Crippen LogP contribution in [-0.4, -0.2) is 12.5 Å². The highest BCUT2D eigenvalue weighted by Gasteiger charge is 2.15. The monoisotopic (exact) mass is 327 g/mol. The number of hydrogen-bond acceptors (Lipinski definition) is 1. The third-order valence-electron chi connectivity index (χ3n) is 3.73. The number of rotatable bonds is 5. The molecule has 0 radical (unpaired) electrons. The van der Waals surface area contributed by atoms with Gasteiger partial charge in [0.1, 0.15) is 5.82 Å². The van der Waals surface area contributed by atoms with Crippen molar-refractivity contribution in [3.8, 4) is 0 Å². The molecule has 0 unspecified atom stereocenters. The van der Waals surface area contributed by atoms with Gasteiger partial charge < -0.3 is 5.32 Å². The lowest BCUT2D eigenvalue weighted by atomic mass is 10.0. The lowest BCUT2D eigenvalue weighted by Gasteiger charge is -2.10. The minimum atomic E-state index is -0.343. The topological polar surface area (TPSA) is 29.1 Å². The van der Waals surface area contributed by atoms with E-state index in [4.69, 9.17) is 0 Å². The summed E-state index contributed by atoms with van der Waals surface area (Å²) in [6.07, 6.45) is 7.63. The normalized spacial score (nSPS) is 15.7. The fraction of sp³-hybridized carbons (Fsp3) is 0.533. The van der Waals surface area contributed by atoms with Gasteiger partial charge in [0.25, 0.3) is 5.91 Å². The van der Waals surface area contributed by atoms with Crippen LogP contribution >= 0.6 is 15.9 Å². The maximum atomic E-state index is 12.9. The molecule has 0 bridgehead atoms. The van der Waals surface area contributed by atoms with E-state index in [0.29, 0.717) is 16.6 Å². The molecule has 1 aliphatic rings. The van der Waals surface area contributed by atoms with E-state index in [1.54, 1.807) is 0 Å². The molecule has 1 aliphatic carbocycles. The first kappa shape index (κ1) is 14.5. The molecule has 1 N–H and O–H groups in total. The van der Waals surface area contributed by atoms with Crippen LogP contribution in [0.4, 0.5) is 4.39 Å². The van der Waals surface area contributed by atoms with Gasteiger partial charge in [-0.15, -0.1) is 0 Å². The molecule has 0 heterocycles. The molecular formula is C15H19BrFNO. The van der Waals surface area contributed by atoms with Crippen LogP contribution in [0, 0.1) is 11.7 Å². The van der Waals surface area contributed by atoms with E-state index in [0.717, 1.165) is 12.3 Å². The van der Waals surface area contributed by atoms with Crippen molar-refractivity contribution in [2.75, 3.05) is 6.54 Å². The minimum Gasteiger partial charge on any atom is -0.352 e. The average molecular weight is 328 g/mol. The summed E-state index contributed by atoms with van der Waals surface area (Å²) >= 11 is 3.21. The summed E-state index contributed by atoms with van der Waals surface area (Å²) in [5.74, 6) is 0.373. The summed E-state index contributed by atoms with van der Waals surface area (Å²) in [6, 6.07) is 4.12. The number of halogens is 2. The summed E-state index contributed by atoms with van der Waals surface area (Å²) in [4.78, 5) is 11.9. The summed E-state index contributed by atoms with van der Waals surface area (Å²) in [5, 5.41) is 2.89. The molecule has 0 spiro atoms. The van der Waals surface area contributed by atoms with Crippen molar-refractivity contribution < 1.29 is 9.18 Å². The molecule has 1 fully saturated rings. The van der Waals surface area contributed by atoms with Gasteiger partial charge in [0.2, 0.25) is 0 Å². The Kier molecular flexibility index (Phi) is 5.37. The number of nitrogens with one attached hydrogen (secondary N) is 1. The smallest absolute Gasteiger partial charge is 0.252 e. The predicted molar refractivity (Wildman–Crippen MR) is 77.6 cm³/mol. The Labute approximate surface area is 121 Å². The molecule has 4 heteroatoms. The Morgan fingerprint density at radius 1 is 1.37 bits per heavy atom. The molecular weight excluding hydrogens is 309 g/mol. The molecule has 19 heavy (non-hydrogen) atoms. The molecule has 104 valence electrons. The van der Waals surface area contributed by atoms with Crippen molar-refractivity contribution >= 4 is 21.8 Å². The molecule has 1 saturated carbocycles. The third kappa shape index (κ3) is 4.30. The molecule has 2 nitrogen and oxygen atoms in total. The summed E-state index contributed by atoms with van der Waals surface area (Å²) in [7, 11) is 0. The molecule has 2 rings (SSSR count). The van der Waals surface area contributed by atoms with Crippen LogP contribution in [0.3, 0.4) is 0 Å². The van der Waals surface area contributed by atoms with E-state index in [2.05, 4.69) is 21.2 Å². The van der Waals surface area contributed by atoms with Crippen LogP contribution in [0.1, 0.15) is 48.9 Å². The Morgan fingerprint density at radius 2 is 2.11 bits per heavy atom. The van der Waals surface area contributed by atoms with Gasteiger partial charge in [-0.1, -0.05) is 25.7 Å². The van der Waals surface area contributed by atoms with Crippen molar-refractivity contribution in [1.82, 2.24) is 5.32 Å². The lowest BCUT2D eigenvalue weighted by Crippen LogP contribution is -2.25. The number of amides is 1. The zero-order valence-corrected chi connectivity index (χ0v) is 12.5. The van der Waals surface area contributed by atoms with E-state index in [-0.39, 0.29) is 11.7 Å². The summed E-state index contributed by atoms with van der Waals surface area (Å²) in [6.45, 7) is 0.694. The number of carbonyl (C=O) groups excluding carboxylic acids is 1. The maximum Gasteiger partial charge on any atom is 0.252 e. The largest absolute Gasteiger partial charge is 0.352 e. The summed E-state index contributed by atoms with van der Waals surface area (Å²) < 4.78 is 13.4. The Hall–Kier alpha value is -0.900. The molecule has 1 aromatic carbocycles. The van der Waals surface area contributed by atoms with Gasteiger partial charge in [-0.3, -0.25) is 4.79 Å². The van der Waals surface area contributed by atoms with Crippen molar-refractivity contribution in [1.29, 1.82) is 0 Å². The SMILES string of the molecule is O=C(NCCCC1CCCC1)c1ccc(F)cc1Br. The molecule has 1 aromatic rings. The average Bonchev–Trinajstić information content (AvgIpc) is 2.87. The van der Waals surface area contributed by atoms with Gasteiger partial charge in [-0.2, -0.15) is 0 Å². The number of benzene rings is 1. The Bertz CT molecular complexity index is 444. The van der Waals surface area contributed by atoms with E-state index >= 15 is 0 Å². The molecule has 0 aliphatic heterocycles. The molecule has 1 amide bonds. The zero-order chi connectivity index (χ0) is 13.7. The van der Waals surface area contributed by atoms with Crippen LogP contribution in [0.15, 0.2) is 22.7 Å². The van der Waals surface area contributed by atoms with E-state index in [9.17, 15) is 9.18 Å². The van der Waals surface area contributed by atoms with E-state index in [1.807, 2.05) is 0 Å². The van der Waals surface area contributed by atoms with Crippen molar-refractivity contribution in [2.45, 2.75) is 38.5 Å². The van der Waals surface area contributed by atoms with Gasteiger partial charge in [-0.05, 0) is 52.9 Å². The summed E-state index contributed by atoms with van der Waals surface area (Å²) in [5.41, 5.74) is 0.488. The minimum absolute atomic E-state index is 0.140. The first-order chi connectivity index (χ1) is 9.16. The Morgan fingerprint density at radius 3 is 2.79 bits per heavy atom. The van der Waals surface area contributed by atoms with Gasteiger partial charge >= 0.3 is 0 Å². The fourth-order valence-electron chi connectivity index (χ4n) is 2.66. The fourth-order valence-corrected chi connectivity index (χ4v) is 3.19. The standard InChI is InChI=1S/C15H19BrFNO/c16-14-10-12(17)7-8-13(14)15(19)18-9-3-6-11-4-1-2-5-11/h7-8,10-11H,1-6,9H2,(H,18,19). The molecule has 0 aromatic heterocycles. The van der Waals surface area contributed by atoms with Crippen molar-refractivity contribution in [2.24, 2.45) is 5.92 Å². The van der Waals surface area contributed by atoms with E-state index < -0.39 is 0 Å². The highest BCUT2D eigenvalue weighted by molar-refractivity contribution is 9.10. The second kappa shape index (κ2) is 7.04. The maximum absolute atomic E-state index is 12.9. The van der Waals surface area contributed by atoms with Gasteiger partial charge in [-0.25, -0.2) is 4.39 Å². The van der Waals surface area contributed by atoms with Crippen LogP contribution in [0.2, 0.25) is 0 Å². The quantitative estimate of drug-likeness (QED) is 0.803. The van der Waals surface area contributed by atoms with Crippen molar-refractivity contribution in [3.63, 3.8) is 0 Å². The third-order valence-corrected chi connectivity index (χ3v) is 4.38. The van der Waals surface area contributed by atoms with Crippen LogP contribution in [-0.2, 0) is 0 Å². The van der Waals surface area contributed by atoms with E-state index in [1.165, 1.54) is 50.3 Å². The zero-order valence-electron chi connectivity index (χ0n) is 10.9. The second-order valence-corrected chi connectivity index (χ2v) is 6.03. The predicted octanol–water partition coefficient (Wildman–Crippen LogP) is 4.29. The number of carbonyl (C=O) groups is 1. The van der Waals surface area contributed by atoms with Gasteiger partial charge in [0, 0.05) is 11.0 Å². The lowest BCUT2D eigenvalue weighted by molar-refractivity contribution is 0.0951. The van der Waals surface area contributed by atoms with Crippen LogP contribution in [0.25, 0.3) is 0 Å². The highest BCUT2D eigenvalue weighted by atomic mass is 79.9. The van der Waals surface area contributed by atoms with Crippen molar-refractivity contribution in [3.05, 3.63) is 34.1 Å². The van der Waals surface area contributed by atoms with Crippen LogP contribution < -0.4 is 5.32 Å². The van der Waals surface area contributed by atoms with Gasteiger partial charge in [0.05, 0.1) is 5.56 Å². The highest BCUT2D eigenvalue weighted by Crippen LogP contribution is 2.28. The molecule has 0 atom stereocenters. The Balaban J connectivity index is 1.74. The van der Waals surface area contributed by atoms with Crippen LogP contribution in [0.5, 0.6) is 0 Å². The first-order valence-corrected chi connectivity index (χ1v) is 7.69. The number of hydrogen-bond donors (Lipinski definition) is 1. The first-order valence-electron chi connectivity index (χ1n) is 6.90.